The number of halogens is 1. The average molecular weight is 334 g/mol. The van der Waals surface area contributed by atoms with Crippen molar-refractivity contribution >= 4 is 11.8 Å². The van der Waals surface area contributed by atoms with Gasteiger partial charge in [-0.2, -0.15) is 0 Å². The molecule has 0 aromatic heterocycles. The van der Waals surface area contributed by atoms with Crippen LogP contribution in [-0.4, -0.2) is 59.7 Å². The van der Waals surface area contributed by atoms with Crippen LogP contribution in [0.25, 0.3) is 0 Å². The zero-order valence-electron chi connectivity index (χ0n) is 13.2. The van der Waals surface area contributed by atoms with E-state index >= 15 is 0 Å². The van der Waals surface area contributed by atoms with E-state index in [1.807, 2.05) is 0 Å². The highest BCUT2D eigenvalue weighted by atomic mass is 19.1. The SMILES string of the molecule is O=C(COc1ccc(F)cc1)N1CC[C@@]23OCCCN2C(=O)C[C@@H]13. The maximum absolute atomic E-state index is 12.9. The van der Waals surface area contributed by atoms with Crippen molar-refractivity contribution < 1.29 is 23.5 Å². The number of carbonyl (C=O) groups excluding carboxylic acids is 2. The van der Waals surface area contributed by atoms with Crippen molar-refractivity contribution in [3.05, 3.63) is 30.1 Å². The summed E-state index contributed by atoms with van der Waals surface area (Å²) < 4.78 is 24.3. The minimum Gasteiger partial charge on any atom is -0.484 e. The van der Waals surface area contributed by atoms with E-state index < -0.39 is 5.72 Å². The molecule has 1 aromatic carbocycles. The Morgan fingerprint density at radius 3 is 2.92 bits per heavy atom. The first-order valence-corrected chi connectivity index (χ1v) is 8.22. The summed E-state index contributed by atoms with van der Waals surface area (Å²) in [6.45, 7) is 1.74. The quantitative estimate of drug-likeness (QED) is 0.832. The van der Waals surface area contributed by atoms with Crippen molar-refractivity contribution in [3.8, 4) is 5.75 Å². The summed E-state index contributed by atoms with van der Waals surface area (Å²) in [5.41, 5.74) is -0.638. The first-order chi connectivity index (χ1) is 11.6. The van der Waals surface area contributed by atoms with Crippen LogP contribution in [0.4, 0.5) is 4.39 Å². The van der Waals surface area contributed by atoms with E-state index in [-0.39, 0.29) is 30.3 Å². The molecule has 3 aliphatic heterocycles. The Bertz CT molecular complexity index is 665. The highest BCUT2D eigenvalue weighted by Crippen LogP contribution is 2.44. The molecule has 24 heavy (non-hydrogen) atoms. The molecule has 4 rings (SSSR count). The molecule has 0 N–H and O–H groups in total. The Morgan fingerprint density at radius 2 is 2.12 bits per heavy atom. The highest BCUT2D eigenvalue weighted by molar-refractivity contribution is 5.85. The smallest absolute Gasteiger partial charge is 0.260 e. The zero-order valence-corrected chi connectivity index (χ0v) is 13.2. The third-order valence-electron chi connectivity index (χ3n) is 5.11. The molecule has 3 aliphatic rings. The average Bonchev–Trinajstić information content (AvgIpc) is 3.06. The first kappa shape index (κ1) is 15.4. The largest absolute Gasteiger partial charge is 0.484 e. The molecular formula is C17H19FN2O4. The summed E-state index contributed by atoms with van der Waals surface area (Å²) in [5, 5.41) is 0. The number of benzene rings is 1. The fourth-order valence-corrected chi connectivity index (χ4v) is 4.01. The van der Waals surface area contributed by atoms with Crippen molar-refractivity contribution in [2.45, 2.75) is 31.0 Å². The van der Waals surface area contributed by atoms with Crippen LogP contribution in [-0.2, 0) is 14.3 Å². The van der Waals surface area contributed by atoms with Crippen LogP contribution in [0.3, 0.4) is 0 Å². The van der Waals surface area contributed by atoms with Crippen molar-refractivity contribution in [3.63, 3.8) is 0 Å². The summed E-state index contributed by atoms with van der Waals surface area (Å²) in [4.78, 5) is 28.3. The van der Waals surface area contributed by atoms with E-state index in [0.717, 1.165) is 6.42 Å². The summed E-state index contributed by atoms with van der Waals surface area (Å²) in [6.07, 6.45) is 1.79. The van der Waals surface area contributed by atoms with Gasteiger partial charge in [0.1, 0.15) is 11.6 Å². The lowest BCUT2D eigenvalue weighted by Gasteiger charge is -2.42. The number of likely N-dealkylation sites (tertiary alicyclic amines) is 1. The van der Waals surface area contributed by atoms with Crippen molar-refractivity contribution in [1.29, 1.82) is 0 Å². The minimum atomic E-state index is -0.638. The maximum atomic E-state index is 12.9. The molecule has 3 heterocycles. The lowest BCUT2D eigenvalue weighted by Crippen LogP contribution is -2.56. The fourth-order valence-electron chi connectivity index (χ4n) is 4.01. The second kappa shape index (κ2) is 5.73. The zero-order chi connectivity index (χ0) is 16.7. The Hall–Kier alpha value is -2.15. The monoisotopic (exact) mass is 334 g/mol. The molecular weight excluding hydrogens is 315 g/mol. The van der Waals surface area contributed by atoms with Crippen molar-refractivity contribution in [2.75, 3.05) is 26.3 Å². The van der Waals surface area contributed by atoms with Crippen LogP contribution < -0.4 is 4.74 Å². The molecule has 0 unspecified atom stereocenters. The van der Waals surface area contributed by atoms with Gasteiger partial charge in [-0.15, -0.1) is 0 Å². The summed E-state index contributed by atoms with van der Waals surface area (Å²) in [7, 11) is 0. The van der Waals surface area contributed by atoms with Gasteiger partial charge in [-0.3, -0.25) is 9.59 Å². The number of hydrogen-bond acceptors (Lipinski definition) is 4. The molecule has 0 radical (unpaired) electrons. The van der Waals surface area contributed by atoms with Gasteiger partial charge < -0.3 is 19.3 Å². The molecule has 0 bridgehead atoms. The third-order valence-corrected chi connectivity index (χ3v) is 5.11. The Labute approximate surface area is 139 Å². The Morgan fingerprint density at radius 1 is 1.33 bits per heavy atom. The van der Waals surface area contributed by atoms with Gasteiger partial charge in [0.15, 0.2) is 12.3 Å². The van der Waals surface area contributed by atoms with Crippen molar-refractivity contribution in [1.82, 2.24) is 9.80 Å². The maximum Gasteiger partial charge on any atom is 0.260 e. The van der Waals surface area contributed by atoms with E-state index in [2.05, 4.69) is 0 Å². The number of amides is 2. The predicted molar refractivity (Wildman–Crippen MR) is 81.6 cm³/mol. The van der Waals surface area contributed by atoms with Gasteiger partial charge in [0.2, 0.25) is 5.91 Å². The Balaban J connectivity index is 1.44. The topological polar surface area (TPSA) is 59.1 Å². The minimum absolute atomic E-state index is 0.0525. The van der Waals surface area contributed by atoms with Crippen LogP contribution in [0, 0.1) is 5.82 Å². The summed E-state index contributed by atoms with van der Waals surface area (Å²) in [5.74, 6) is -0.0347. The molecule has 1 aromatic rings. The number of rotatable bonds is 3. The normalized spacial score (nSPS) is 28.7. The van der Waals surface area contributed by atoms with Gasteiger partial charge in [-0.1, -0.05) is 0 Å². The molecule has 1 spiro atoms. The van der Waals surface area contributed by atoms with Crippen LogP contribution in [0.1, 0.15) is 19.3 Å². The van der Waals surface area contributed by atoms with Gasteiger partial charge in [0.05, 0.1) is 19.1 Å². The van der Waals surface area contributed by atoms with E-state index in [1.165, 1.54) is 24.3 Å². The molecule has 3 saturated heterocycles. The van der Waals surface area contributed by atoms with E-state index in [1.54, 1.807) is 9.80 Å². The second-order valence-electron chi connectivity index (χ2n) is 6.39. The highest BCUT2D eigenvalue weighted by Gasteiger charge is 2.61. The predicted octanol–water partition coefficient (Wildman–Crippen LogP) is 1.15. The molecule has 0 aliphatic carbocycles. The Kier molecular flexibility index (Phi) is 3.68. The molecule has 2 amide bonds. The second-order valence-corrected chi connectivity index (χ2v) is 6.39. The fraction of sp³-hybridized carbons (Fsp3) is 0.529. The van der Waals surface area contributed by atoms with Gasteiger partial charge in [0, 0.05) is 19.5 Å². The van der Waals surface area contributed by atoms with Gasteiger partial charge in [-0.25, -0.2) is 4.39 Å². The van der Waals surface area contributed by atoms with Crippen LogP contribution in [0.2, 0.25) is 0 Å². The van der Waals surface area contributed by atoms with E-state index in [4.69, 9.17) is 9.47 Å². The van der Waals surface area contributed by atoms with Gasteiger partial charge in [0.25, 0.3) is 5.91 Å². The van der Waals surface area contributed by atoms with Gasteiger partial charge >= 0.3 is 0 Å². The van der Waals surface area contributed by atoms with Crippen LogP contribution >= 0.6 is 0 Å². The number of nitrogens with zero attached hydrogens (tertiary/aromatic N) is 2. The molecule has 3 fully saturated rings. The van der Waals surface area contributed by atoms with E-state index in [0.29, 0.717) is 38.3 Å². The number of carbonyl (C=O) groups is 2. The van der Waals surface area contributed by atoms with Gasteiger partial charge in [-0.05, 0) is 30.7 Å². The first-order valence-electron chi connectivity index (χ1n) is 8.22. The molecule has 7 heteroatoms. The van der Waals surface area contributed by atoms with Crippen LogP contribution in [0.5, 0.6) is 5.75 Å². The standard InChI is InChI=1S/C17H19FN2O4/c18-12-2-4-13(5-3-12)23-11-16(22)19-8-6-17-14(19)10-15(21)20(17)7-1-9-24-17/h2-5,14H,1,6-11H2/t14-,17+/m1/s1. The lowest BCUT2D eigenvalue weighted by molar-refractivity contribution is -0.182. The van der Waals surface area contributed by atoms with Crippen LogP contribution in [0.15, 0.2) is 24.3 Å². The number of hydrogen-bond donors (Lipinski definition) is 0. The molecule has 0 saturated carbocycles. The van der Waals surface area contributed by atoms with E-state index in [9.17, 15) is 14.0 Å². The summed E-state index contributed by atoms with van der Waals surface area (Å²) >= 11 is 0. The molecule has 2 atom stereocenters. The number of ether oxygens (including phenoxy) is 2. The third kappa shape index (κ3) is 2.34. The summed E-state index contributed by atoms with van der Waals surface area (Å²) in [6, 6.07) is 5.30. The molecule has 128 valence electrons. The molecule has 6 nitrogen and oxygen atoms in total. The lowest BCUT2D eigenvalue weighted by atomic mass is 10.0. The van der Waals surface area contributed by atoms with Crippen molar-refractivity contribution in [2.24, 2.45) is 0 Å².